The monoisotopic (exact) mass is 207 g/mol. The van der Waals surface area contributed by atoms with Crippen LogP contribution in [0.1, 0.15) is 12.5 Å². The summed E-state index contributed by atoms with van der Waals surface area (Å²) in [7, 11) is 3.23. The SMILES string of the molecule is COC(CN=C(C)c1ccccc1)OC. The Morgan fingerprint density at radius 1 is 1.20 bits per heavy atom. The van der Waals surface area contributed by atoms with Crippen LogP contribution in [0.15, 0.2) is 35.3 Å². The van der Waals surface area contributed by atoms with Crippen LogP contribution in [0.4, 0.5) is 0 Å². The largest absolute Gasteiger partial charge is 0.354 e. The molecule has 0 aliphatic rings. The molecule has 0 amide bonds. The first-order valence-electron chi connectivity index (χ1n) is 4.90. The van der Waals surface area contributed by atoms with Crippen LogP contribution in [-0.2, 0) is 9.47 Å². The van der Waals surface area contributed by atoms with Gasteiger partial charge in [0.2, 0.25) is 0 Å². The third-order valence-corrected chi connectivity index (χ3v) is 2.19. The molecule has 3 nitrogen and oxygen atoms in total. The van der Waals surface area contributed by atoms with Crippen molar-refractivity contribution in [3.05, 3.63) is 35.9 Å². The van der Waals surface area contributed by atoms with Crippen LogP contribution in [-0.4, -0.2) is 32.8 Å². The summed E-state index contributed by atoms with van der Waals surface area (Å²) >= 11 is 0. The Kier molecular flexibility index (Phi) is 5.01. The lowest BCUT2D eigenvalue weighted by molar-refractivity contribution is -0.0936. The molecule has 0 N–H and O–H groups in total. The van der Waals surface area contributed by atoms with Crippen molar-refractivity contribution in [1.29, 1.82) is 0 Å². The first-order valence-corrected chi connectivity index (χ1v) is 4.90. The van der Waals surface area contributed by atoms with Gasteiger partial charge < -0.3 is 9.47 Å². The van der Waals surface area contributed by atoms with Gasteiger partial charge in [-0.15, -0.1) is 0 Å². The molecule has 0 saturated heterocycles. The van der Waals surface area contributed by atoms with Crippen LogP contribution in [0, 0.1) is 0 Å². The minimum atomic E-state index is -0.260. The van der Waals surface area contributed by atoms with Crippen LogP contribution in [0.3, 0.4) is 0 Å². The van der Waals surface area contributed by atoms with Gasteiger partial charge in [0.25, 0.3) is 0 Å². The maximum atomic E-state index is 5.06. The Balaban J connectivity index is 2.60. The van der Waals surface area contributed by atoms with Crippen molar-refractivity contribution in [2.24, 2.45) is 4.99 Å². The van der Waals surface area contributed by atoms with Gasteiger partial charge in [0.15, 0.2) is 6.29 Å². The molecule has 82 valence electrons. The first kappa shape index (κ1) is 11.9. The second-order valence-corrected chi connectivity index (χ2v) is 3.19. The summed E-state index contributed by atoms with van der Waals surface area (Å²) in [5, 5.41) is 0. The van der Waals surface area contributed by atoms with E-state index in [0.29, 0.717) is 6.54 Å². The van der Waals surface area contributed by atoms with Gasteiger partial charge in [-0.3, -0.25) is 4.99 Å². The molecule has 0 radical (unpaired) electrons. The van der Waals surface area contributed by atoms with Gasteiger partial charge in [-0.2, -0.15) is 0 Å². The van der Waals surface area contributed by atoms with E-state index >= 15 is 0 Å². The molecule has 0 aliphatic carbocycles. The lowest BCUT2D eigenvalue weighted by Crippen LogP contribution is -2.17. The molecular weight excluding hydrogens is 190 g/mol. The first-order chi connectivity index (χ1) is 7.27. The zero-order chi connectivity index (χ0) is 11.1. The molecule has 1 aromatic rings. The zero-order valence-corrected chi connectivity index (χ0v) is 9.43. The Morgan fingerprint density at radius 2 is 1.80 bits per heavy atom. The Labute approximate surface area is 90.7 Å². The van der Waals surface area contributed by atoms with E-state index in [2.05, 4.69) is 4.99 Å². The van der Waals surface area contributed by atoms with Gasteiger partial charge in [0.05, 0.1) is 6.54 Å². The molecule has 15 heavy (non-hydrogen) atoms. The predicted octanol–water partition coefficient (Wildman–Crippen LogP) is 2.11. The summed E-state index contributed by atoms with van der Waals surface area (Å²) in [4.78, 5) is 4.40. The Hall–Kier alpha value is -1.19. The second kappa shape index (κ2) is 6.32. The van der Waals surface area contributed by atoms with Gasteiger partial charge >= 0.3 is 0 Å². The highest BCUT2D eigenvalue weighted by Gasteiger charge is 2.03. The van der Waals surface area contributed by atoms with E-state index in [1.165, 1.54) is 0 Å². The molecule has 0 fully saturated rings. The highest BCUT2D eigenvalue weighted by Crippen LogP contribution is 2.02. The highest BCUT2D eigenvalue weighted by atomic mass is 16.7. The minimum Gasteiger partial charge on any atom is -0.354 e. The fourth-order valence-corrected chi connectivity index (χ4v) is 1.23. The van der Waals surface area contributed by atoms with E-state index in [9.17, 15) is 0 Å². The summed E-state index contributed by atoms with van der Waals surface area (Å²) < 4.78 is 10.1. The molecule has 1 aromatic carbocycles. The number of rotatable bonds is 5. The smallest absolute Gasteiger partial charge is 0.176 e. The van der Waals surface area contributed by atoms with E-state index in [-0.39, 0.29) is 6.29 Å². The summed E-state index contributed by atoms with van der Waals surface area (Å²) in [6, 6.07) is 10.1. The maximum absolute atomic E-state index is 5.06. The molecule has 1 rings (SSSR count). The maximum Gasteiger partial charge on any atom is 0.176 e. The molecule has 0 aromatic heterocycles. The van der Waals surface area contributed by atoms with Crippen molar-refractivity contribution in [3.63, 3.8) is 0 Å². The molecule has 0 heterocycles. The lowest BCUT2D eigenvalue weighted by Gasteiger charge is -2.10. The molecule has 0 bridgehead atoms. The summed E-state index contributed by atoms with van der Waals surface area (Å²) in [5.74, 6) is 0. The van der Waals surface area contributed by atoms with Crippen LogP contribution in [0.25, 0.3) is 0 Å². The molecular formula is C12H17NO2. The van der Waals surface area contributed by atoms with Crippen LogP contribution in [0.2, 0.25) is 0 Å². The topological polar surface area (TPSA) is 30.8 Å². The van der Waals surface area contributed by atoms with E-state index < -0.39 is 0 Å². The van der Waals surface area contributed by atoms with Gasteiger partial charge in [-0.25, -0.2) is 0 Å². The summed E-state index contributed by atoms with van der Waals surface area (Å²) in [5.41, 5.74) is 2.12. The number of hydrogen-bond acceptors (Lipinski definition) is 3. The number of methoxy groups -OCH3 is 2. The number of hydrogen-bond donors (Lipinski definition) is 0. The highest BCUT2D eigenvalue weighted by molar-refractivity contribution is 5.98. The molecule has 0 saturated carbocycles. The molecule has 0 spiro atoms. The van der Waals surface area contributed by atoms with E-state index in [0.717, 1.165) is 11.3 Å². The third kappa shape index (κ3) is 3.81. The number of aliphatic imine (C=N–C) groups is 1. The van der Waals surface area contributed by atoms with Gasteiger partial charge in [-0.05, 0) is 12.5 Å². The number of ether oxygens (including phenoxy) is 2. The fraction of sp³-hybridized carbons (Fsp3) is 0.417. The quantitative estimate of drug-likeness (QED) is 0.547. The average Bonchev–Trinajstić information content (AvgIpc) is 2.31. The van der Waals surface area contributed by atoms with E-state index in [1.54, 1.807) is 14.2 Å². The van der Waals surface area contributed by atoms with Gasteiger partial charge in [0.1, 0.15) is 0 Å². The van der Waals surface area contributed by atoms with Crippen molar-refractivity contribution in [3.8, 4) is 0 Å². The third-order valence-electron chi connectivity index (χ3n) is 2.19. The van der Waals surface area contributed by atoms with E-state index in [1.807, 2.05) is 37.3 Å². The molecule has 3 heteroatoms. The summed E-state index contributed by atoms with van der Waals surface area (Å²) in [6.07, 6.45) is -0.260. The number of benzene rings is 1. The van der Waals surface area contributed by atoms with Crippen LogP contribution in [0.5, 0.6) is 0 Å². The standard InChI is InChI=1S/C12H17NO2/c1-10(11-7-5-4-6-8-11)13-9-12(14-2)15-3/h4-8,12H,9H2,1-3H3. The molecule has 0 aliphatic heterocycles. The van der Waals surface area contributed by atoms with E-state index in [4.69, 9.17) is 9.47 Å². The summed E-state index contributed by atoms with van der Waals surface area (Å²) in [6.45, 7) is 2.51. The molecule has 0 unspecified atom stereocenters. The van der Waals surface area contributed by atoms with Gasteiger partial charge in [0, 0.05) is 19.9 Å². The van der Waals surface area contributed by atoms with Gasteiger partial charge in [-0.1, -0.05) is 30.3 Å². The predicted molar refractivity (Wildman–Crippen MR) is 61.3 cm³/mol. The Bertz CT molecular complexity index is 305. The van der Waals surface area contributed by atoms with Crippen molar-refractivity contribution < 1.29 is 9.47 Å². The van der Waals surface area contributed by atoms with Crippen molar-refractivity contribution in [2.45, 2.75) is 13.2 Å². The minimum absolute atomic E-state index is 0.260. The normalized spacial score (nSPS) is 12.1. The Morgan fingerprint density at radius 3 is 2.33 bits per heavy atom. The fourth-order valence-electron chi connectivity index (χ4n) is 1.23. The van der Waals surface area contributed by atoms with Crippen LogP contribution >= 0.6 is 0 Å². The second-order valence-electron chi connectivity index (χ2n) is 3.19. The average molecular weight is 207 g/mol. The van der Waals surface area contributed by atoms with Crippen LogP contribution < -0.4 is 0 Å². The van der Waals surface area contributed by atoms with Crippen molar-refractivity contribution in [1.82, 2.24) is 0 Å². The lowest BCUT2D eigenvalue weighted by atomic mass is 10.1. The van der Waals surface area contributed by atoms with Crippen molar-refractivity contribution in [2.75, 3.05) is 20.8 Å². The molecule has 0 atom stereocenters. The number of nitrogens with zero attached hydrogens (tertiary/aromatic N) is 1. The zero-order valence-electron chi connectivity index (χ0n) is 9.43. The van der Waals surface area contributed by atoms with Crippen molar-refractivity contribution >= 4 is 5.71 Å².